The van der Waals surface area contributed by atoms with Crippen LogP contribution in [0.1, 0.15) is 12.8 Å². The molecule has 6 aromatic rings. The predicted octanol–water partition coefficient (Wildman–Crippen LogP) is 5.56. The van der Waals surface area contributed by atoms with Crippen molar-refractivity contribution in [3.05, 3.63) is 66.4 Å². The van der Waals surface area contributed by atoms with Crippen molar-refractivity contribution in [2.45, 2.75) is 18.9 Å². The van der Waals surface area contributed by atoms with Gasteiger partial charge in [0.05, 0.1) is 41.0 Å². The van der Waals surface area contributed by atoms with Gasteiger partial charge in [0.15, 0.2) is 5.13 Å². The van der Waals surface area contributed by atoms with Gasteiger partial charge in [-0.05, 0) is 56.3 Å². The Labute approximate surface area is 215 Å². The zero-order valence-electron chi connectivity index (χ0n) is 19.7. The highest BCUT2D eigenvalue weighted by Gasteiger charge is 2.17. The summed E-state index contributed by atoms with van der Waals surface area (Å²) in [7, 11) is 0. The number of hydrogen-bond donors (Lipinski definition) is 3. The first-order valence-corrected chi connectivity index (χ1v) is 12.9. The molecular weight excluding hydrogens is 489 g/mol. The maximum absolute atomic E-state index is 13.7. The second-order valence-electron chi connectivity index (χ2n) is 9.10. The van der Waals surface area contributed by atoms with Gasteiger partial charge >= 0.3 is 0 Å². The molecule has 1 aliphatic heterocycles. The topological polar surface area (TPSA) is 104 Å². The van der Waals surface area contributed by atoms with Crippen LogP contribution < -0.4 is 10.1 Å². The minimum atomic E-state index is -0.221. The lowest BCUT2D eigenvalue weighted by atomic mass is 10.1. The SMILES string of the molecule is Fc1ccc(-c2cncc3[nH]c(-c4n[nH]c5cnc(-c6cncc(OC7CCNCC7)c6)cc45)cc23)s1. The minimum Gasteiger partial charge on any atom is -0.489 e. The third-order valence-corrected chi connectivity index (χ3v) is 7.59. The van der Waals surface area contributed by atoms with Gasteiger partial charge in [-0.2, -0.15) is 9.49 Å². The van der Waals surface area contributed by atoms with E-state index in [-0.39, 0.29) is 11.2 Å². The van der Waals surface area contributed by atoms with E-state index in [9.17, 15) is 4.39 Å². The average molecular weight is 512 g/mol. The first kappa shape index (κ1) is 22.1. The van der Waals surface area contributed by atoms with Crippen LogP contribution in [0.25, 0.3) is 54.9 Å². The monoisotopic (exact) mass is 511 g/mol. The zero-order chi connectivity index (χ0) is 24.8. The van der Waals surface area contributed by atoms with E-state index in [0.717, 1.165) is 97.9 Å². The molecule has 0 unspecified atom stereocenters. The number of rotatable bonds is 5. The van der Waals surface area contributed by atoms with Gasteiger partial charge in [-0.1, -0.05) is 0 Å². The summed E-state index contributed by atoms with van der Waals surface area (Å²) in [4.78, 5) is 17.7. The molecule has 0 radical (unpaired) electrons. The first-order chi connectivity index (χ1) is 18.2. The van der Waals surface area contributed by atoms with Crippen LogP contribution in [-0.2, 0) is 0 Å². The van der Waals surface area contributed by atoms with E-state index in [4.69, 9.17) is 4.74 Å². The van der Waals surface area contributed by atoms with Gasteiger partial charge in [-0.3, -0.25) is 20.1 Å². The molecule has 1 aliphatic rings. The number of nitrogens with one attached hydrogen (secondary N) is 3. The van der Waals surface area contributed by atoms with Crippen molar-refractivity contribution in [3.63, 3.8) is 0 Å². The van der Waals surface area contributed by atoms with Crippen molar-refractivity contribution in [1.29, 1.82) is 0 Å². The molecule has 0 amide bonds. The number of piperidine rings is 1. The number of nitrogens with zero attached hydrogens (tertiary/aromatic N) is 4. The van der Waals surface area contributed by atoms with Crippen LogP contribution in [0.15, 0.2) is 61.3 Å². The number of hydrogen-bond acceptors (Lipinski definition) is 7. The summed E-state index contributed by atoms with van der Waals surface area (Å²) in [5.41, 5.74) is 5.84. The average Bonchev–Trinajstić information content (AvgIpc) is 3.66. The fraction of sp³-hybridized carbons (Fsp3) is 0.185. The predicted molar refractivity (Wildman–Crippen MR) is 142 cm³/mol. The molecule has 3 N–H and O–H groups in total. The van der Waals surface area contributed by atoms with E-state index in [1.54, 1.807) is 37.1 Å². The molecule has 1 saturated heterocycles. The van der Waals surface area contributed by atoms with Crippen LogP contribution in [0.2, 0.25) is 0 Å². The van der Waals surface area contributed by atoms with Gasteiger partial charge in [0.1, 0.15) is 17.5 Å². The van der Waals surface area contributed by atoms with Crippen LogP contribution in [0.4, 0.5) is 4.39 Å². The van der Waals surface area contributed by atoms with Crippen LogP contribution in [0, 0.1) is 5.13 Å². The lowest BCUT2D eigenvalue weighted by molar-refractivity contribution is 0.162. The summed E-state index contributed by atoms with van der Waals surface area (Å²) in [5, 5.41) is 12.7. The van der Waals surface area contributed by atoms with Crippen molar-refractivity contribution < 1.29 is 9.13 Å². The molecule has 7 heterocycles. The van der Waals surface area contributed by atoms with Crippen molar-refractivity contribution in [1.82, 2.24) is 35.5 Å². The molecule has 0 aliphatic carbocycles. The number of ether oxygens (including phenoxy) is 1. The van der Waals surface area contributed by atoms with Gasteiger partial charge in [0, 0.05) is 39.2 Å². The molecular formula is C27H22FN7OS. The van der Waals surface area contributed by atoms with Gasteiger partial charge in [0.25, 0.3) is 0 Å². The normalized spacial score (nSPS) is 14.5. The van der Waals surface area contributed by atoms with E-state index >= 15 is 0 Å². The largest absolute Gasteiger partial charge is 0.489 e. The highest BCUT2D eigenvalue weighted by molar-refractivity contribution is 7.14. The second-order valence-corrected chi connectivity index (χ2v) is 10.1. The van der Waals surface area contributed by atoms with Gasteiger partial charge in [0.2, 0.25) is 0 Å². The highest BCUT2D eigenvalue weighted by atomic mass is 32.1. The quantitative estimate of drug-likeness (QED) is 0.280. The number of H-pyrrole nitrogens is 2. The number of pyridine rings is 3. The molecule has 0 atom stereocenters. The minimum absolute atomic E-state index is 0.196. The number of aromatic nitrogens is 6. The summed E-state index contributed by atoms with van der Waals surface area (Å²) in [6, 6.07) is 9.29. The number of thiophene rings is 1. The molecule has 7 rings (SSSR count). The first-order valence-electron chi connectivity index (χ1n) is 12.1. The maximum atomic E-state index is 13.7. The molecule has 0 aromatic carbocycles. The summed E-state index contributed by atoms with van der Waals surface area (Å²) in [6.07, 6.45) is 11.0. The van der Waals surface area contributed by atoms with E-state index in [1.165, 1.54) is 6.07 Å². The van der Waals surface area contributed by atoms with Crippen molar-refractivity contribution in [2.24, 2.45) is 0 Å². The molecule has 0 spiro atoms. The Morgan fingerprint density at radius 3 is 2.68 bits per heavy atom. The molecule has 8 nitrogen and oxygen atoms in total. The number of fused-ring (bicyclic) bond motifs is 2. The summed E-state index contributed by atoms with van der Waals surface area (Å²) >= 11 is 1.11. The van der Waals surface area contributed by atoms with Crippen LogP contribution in [0.5, 0.6) is 5.75 Å². The van der Waals surface area contributed by atoms with Crippen LogP contribution in [-0.4, -0.2) is 49.3 Å². The number of aromatic amines is 2. The Hall–Kier alpha value is -4.15. The zero-order valence-corrected chi connectivity index (χ0v) is 20.5. The fourth-order valence-corrected chi connectivity index (χ4v) is 5.60. The third kappa shape index (κ3) is 4.13. The van der Waals surface area contributed by atoms with E-state index in [2.05, 4.69) is 35.5 Å². The Morgan fingerprint density at radius 2 is 1.81 bits per heavy atom. The molecule has 184 valence electrons. The Morgan fingerprint density at radius 1 is 0.919 bits per heavy atom. The van der Waals surface area contributed by atoms with Crippen molar-refractivity contribution in [3.8, 4) is 38.8 Å². The molecule has 10 heteroatoms. The molecule has 0 bridgehead atoms. The lowest BCUT2D eigenvalue weighted by Gasteiger charge is -2.23. The fourth-order valence-electron chi connectivity index (χ4n) is 4.84. The summed E-state index contributed by atoms with van der Waals surface area (Å²) in [6.45, 7) is 1.93. The molecule has 1 fully saturated rings. The lowest BCUT2D eigenvalue weighted by Crippen LogP contribution is -2.34. The number of halogens is 1. The Bertz CT molecular complexity index is 1730. The van der Waals surface area contributed by atoms with Crippen molar-refractivity contribution in [2.75, 3.05) is 13.1 Å². The van der Waals surface area contributed by atoms with E-state index < -0.39 is 0 Å². The van der Waals surface area contributed by atoms with E-state index in [0.29, 0.717) is 0 Å². The summed E-state index contributed by atoms with van der Waals surface area (Å²) < 4.78 is 19.9. The molecule has 37 heavy (non-hydrogen) atoms. The Balaban J connectivity index is 1.26. The van der Waals surface area contributed by atoms with Gasteiger partial charge in [-0.15, -0.1) is 11.3 Å². The summed E-state index contributed by atoms with van der Waals surface area (Å²) in [5.74, 6) is 0.749. The Kier molecular flexibility index (Phi) is 5.40. The van der Waals surface area contributed by atoms with Crippen LogP contribution in [0.3, 0.4) is 0 Å². The van der Waals surface area contributed by atoms with Crippen molar-refractivity contribution >= 4 is 33.1 Å². The smallest absolute Gasteiger partial charge is 0.176 e. The molecule has 0 saturated carbocycles. The maximum Gasteiger partial charge on any atom is 0.176 e. The third-order valence-electron chi connectivity index (χ3n) is 6.68. The van der Waals surface area contributed by atoms with Gasteiger partial charge < -0.3 is 15.0 Å². The van der Waals surface area contributed by atoms with Crippen LogP contribution >= 0.6 is 11.3 Å². The standard InChI is InChI=1S/C27H22FN7OS/c28-26-2-1-25(37-26)20-12-31-13-23-18(20)8-22(33-23)27-19-9-21(32-14-24(19)34-35-27)15-7-17(11-30-10-15)36-16-3-5-29-6-4-16/h1-2,7-14,16,29,33H,3-6H2,(H,34,35). The van der Waals surface area contributed by atoms with Gasteiger partial charge in [-0.25, -0.2) is 0 Å². The second kappa shape index (κ2) is 9.06. The molecule has 6 aromatic heterocycles. The highest BCUT2D eigenvalue weighted by Crippen LogP contribution is 2.36. The van der Waals surface area contributed by atoms with E-state index in [1.807, 2.05) is 18.2 Å².